The molecule has 1 amide bonds. The lowest BCUT2D eigenvalue weighted by atomic mass is 10.2. The van der Waals surface area contributed by atoms with Crippen molar-refractivity contribution in [3.63, 3.8) is 0 Å². The van der Waals surface area contributed by atoms with Gasteiger partial charge in [-0.1, -0.05) is 0 Å². The molecule has 3 rings (SSSR count). The summed E-state index contributed by atoms with van der Waals surface area (Å²) in [6.45, 7) is 0.324. The standard InChI is InChI=1S/C18H14N4O3S/c23-17(6-3-13-1-4-16(5-2-13)22(24)25)20-11-15-12-26-18(21-15)14-7-9-19-10-8-14/h1-10,12H,11H2,(H,20,23)/b6-3+. The van der Waals surface area contributed by atoms with Crippen molar-refractivity contribution in [2.45, 2.75) is 6.54 Å². The number of amides is 1. The number of non-ortho nitro benzene ring substituents is 1. The van der Waals surface area contributed by atoms with Gasteiger partial charge in [0, 0.05) is 41.5 Å². The zero-order chi connectivity index (χ0) is 18.4. The minimum absolute atomic E-state index is 0.0140. The molecule has 0 aliphatic heterocycles. The van der Waals surface area contributed by atoms with E-state index < -0.39 is 4.92 Å². The number of hydrogen-bond donors (Lipinski definition) is 1. The van der Waals surface area contributed by atoms with Gasteiger partial charge in [-0.25, -0.2) is 4.98 Å². The Morgan fingerprint density at radius 3 is 2.62 bits per heavy atom. The van der Waals surface area contributed by atoms with Crippen LogP contribution in [-0.2, 0) is 11.3 Å². The highest BCUT2D eigenvalue weighted by atomic mass is 32.1. The van der Waals surface area contributed by atoms with Crippen molar-refractivity contribution in [3.8, 4) is 10.6 Å². The van der Waals surface area contributed by atoms with E-state index in [0.29, 0.717) is 12.1 Å². The first-order chi connectivity index (χ1) is 12.6. The number of benzene rings is 1. The Morgan fingerprint density at radius 2 is 1.92 bits per heavy atom. The zero-order valence-electron chi connectivity index (χ0n) is 13.5. The van der Waals surface area contributed by atoms with E-state index in [1.165, 1.54) is 29.5 Å². The monoisotopic (exact) mass is 366 g/mol. The number of pyridine rings is 1. The van der Waals surface area contributed by atoms with Gasteiger partial charge in [0.2, 0.25) is 5.91 Å². The van der Waals surface area contributed by atoms with E-state index in [-0.39, 0.29) is 11.6 Å². The Bertz CT molecular complexity index is 937. The molecule has 26 heavy (non-hydrogen) atoms. The summed E-state index contributed by atoms with van der Waals surface area (Å²) < 4.78 is 0. The normalized spacial score (nSPS) is 10.8. The van der Waals surface area contributed by atoms with Crippen molar-refractivity contribution >= 4 is 29.0 Å². The zero-order valence-corrected chi connectivity index (χ0v) is 14.3. The third-order valence-corrected chi connectivity index (χ3v) is 4.39. The summed E-state index contributed by atoms with van der Waals surface area (Å²) in [5, 5.41) is 16.1. The van der Waals surface area contributed by atoms with Gasteiger partial charge in [-0.2, -0.15) is 0 Å². The first kappa shape index (κ1) is 17.4. The SMILES string of the molecule is O=C(/C=C/c1ccc([N+](=O)[O-])cc1)NCc1csc(-c2ccncc2)n1. The first-order valence-electron chi connectivity index (χ1n) is 7.67. The first-order valence-corrected chi connectivity index (χ1v) is 8.55. The van der Waals surface area contributed by atoms with Crippen LogP contribution < -0.4 is 5.32 Å². The molecule has 130 valence electrons. The van der Waals surface area contributed by atoms with Crippen LogP contribution in [0.3, 0.4) is 0 Å². The quantitative estimate of drug-likeness (QED) is 0.409. The number of aromatic nitrogens is 2. The number of carbonyl (C=O) groups excluding carboxylic acids is 1. The summed E-state index contributed by atoms with van der Waals surface area (Å²) in [5.41, 5.74) is 2.49. The smallest absolute Gasteiger partial charge is 0.269 e. The van der Waals surface area contributed by atoms with Crippen LogP contribution in [0.25, 0.3) is 16.6 Å². The molecule has 0 saturated heterocycles. The number of nitro benzene ring substituents is 1. The van der Waals surface area contributed by atoms with E-state index in [2.05, 4.69) is 15.3 Å². The number of carbonyl (C=O) groups is 1. The van der Waals surface area contributed by atoms with Gasteiger partial charge in [0.25, 0.3) is 5.69 Å². The van der Waals surface area contributed by atoms with E-state index in [1.54, 1.807) is 30.6 Å². The maximum absolute atomic E-state index is 11.9. The van der Waals surface area contributed by atoms with Crippen molar-refractivity contribution in [2.75, 3.05) is 0 Å². The summed E-state index contributed by atoms with van der Waals surface area (Å²) in [7, 11) is 0. The fourth-order valence-electron chi connectivity index (χ4n) is 2.13. The van der Waals surface area contributed by atoms with Gasteiger partial charge in [0.1, 0.15) is 5.01 Å². The summed E-state index contributed by atoms with van der Waals surface area (Å²) in [4.78, 5) is 30.5. The minimum Gasteiger partial charge on any atom is -0.347 e. The molecule has 8 heteroatoms. The van der Waals surface area contributed by atoms with Crippen molar-refractivity contribution in [1.29, 1.82) is 0 Å². The molecular weight excluding hydrogens is 352 g/mol. The Balaban J connectivity index is 1.54. The number of hydrogen-bond acceptors (Lipinski definition) is 6. The van der Waals surface area contributed by atoms with Crippen LogP contribution in [0.1, 0.15) is 11.3 Å². The molecule has 0 radical (unpaired) electrons. The second-order valence-corrected chi connectivity index (χ2v) is 6.14. The van der Waals surface area contributed by atoms with E-state index >= 15 is 0 Å². The average Bonchev–Trinajstić information content (AvgIpc) is 3.15. The van der Waals surface area contributed by atoms with Crippen LogP contribution >= 0.6 is 11.3 Å². The van der Waals surface area contributed by atoms with Crippen LogP contribution in [0.15, 0.2) is 60.2 Å². The van der Waals surface area contributed by atoms with Gasteiger partial charge in [0.15, 0.2) is 0 Å². The van der Waals surface area contributed by atoms with Gasteiger partial charge in [0.05, 0.1) is 17.2 Å². The lowest BCUT2D eigenvalue weighted by molar-refractivity contribution is -0.384. The molecule has 0 unspecified atom stereocenters. The molecule has 0 fully saturated rings. The fourth-order valence-corrected chi connectivity index (χ4v) is 2.96. The predicted molar refractivity (Wildman–Crippen MR) is 99.3 cm³/mol. The number of thiazole rings is 1. The second kappa shape index (κ2) is 8.13. The van der Waals surface area contributed by atoms with Gasteiger partial charge in [-0.15, -0.1) is 11.3 Å². The number of rotatable bonds is 6. The molecule has 0 atom stereocenters. The number of nitrogens with one attached hydrogen (secondary N) is 1. The van der Waals surface area contributed by atoms with E-state index in [4.69, 9.17) is 0 Å². The highest BCUT2D eigenvalue weighted by Gasteiger charge is 2.06. The predicted octanol–water partition coefficient (Wildman–Crippen LogP) is 3.44. The minimum atomic E-state index is -0.464. The van der Waals surface area contributed by atoms with Crippen molar-refractivity contribution in [3.05, 3.63) is 81.6 Å². The number of nitrogens with zero attached hydrogens (tertiary/aromatic N) is 3. The molecule has 0 aliphatic carbocycles. The van der Waals surface area contributed by atoms with Crippen LogP contribution in [-0.4, -0.2) is 20.8 Å². The van der Waals surface area contributed by atoms with Crippen molar-refractivity contribution in [1.82, 2.24) is 15.3 Å². The topological polar surface area (TPSA) is 98.0 Å². The summed E-state index contributed by atoms with van der Waals surface area (Å²) in [6.07, 6.45) is 6.40. The van der Waals surface area contributed by atoms with Gasteiger partial charge < -0.3 is 5.32 Å². The molecule has 2 aromatic heterocycles. The van der Waals surface area contributed by atoms with Gasteiger partial charge in [-0.05, 0) is 35.9 Å². The Morgan fingerprint density at radius 1 is 1.19 bits per heavy atom. The maximum Gasteiger partial charge on any atom is 0.269 e. The third-order valence-electron chi connectivity index (χ3n) is 3.45. The maximum atomic E-state index is 11.9. The van der Waals surface area contributed by atoms with Crippen LogP contribution in [0.2, 0.25) is 0 Å². The summed E-state index contributed by atoms with van der Waals surface area (Å²) in [6, 6.07) is 9.73. The van der Waals surface area contributed by atoms with Crippen LogP contribution in [0.5, 0.6) is 0 Å². The molecule has 0 spiro atoms. The van der Waals surface area contributed by atoms with Crippen LogP contribution in [0.4, 0.5) is 5.69 Å². The molecule has 3 aromatic rings. The van der Waals surface area contributed by atoms with Crippen molar-refractivity contribution < 1.29 is 9.72 Å². The molecule has 2 heterocycles. The summed E-state index contributed by atoms with van der Waals surface area (Å²) >= 11 is 1.50. The molecule has 1 N–H and O–H groups in total. The van der Waals surface area contributed by atoms with E-state index in [1.807, 2.05) is 17.5 Å². The Hall–Kier alpha value is -3.39. The Labute approximate surface area is 153 Å². The van der Waals surface area contributed by atoms with Gasteiger partial charge >= 0.3 is 0 Å². The molecule has 0 bridgehead atoms. The average molecular weight is 366 g/mol. The number of nitro groups is 1. The van der Waals surface area contributed by atoms with E-state index in [9.17, 15) is 14.9 Å². The van der Waals surface area contributed by atoms with Crippen LogP contribution in [0, 0.1) is 10.1 Å². The Kier molecular flexibility index (Phi) is 5.45. The highest BCUT2D eigenvalue weighted by molar-refractivity contribution is 7.13. The third kappa shape index (κ3) is 4.58. The molecule has 0 saturated carbocycles. The van der Waals surface area contributed by atoms with Crippen molar-refractivity contribution in [2.24, 2.45) is 0 Å². The lowest BCUT2D eigenvalue weighted by Gasteiger charge is -1.99. The molecule has 0 aliphatic rings. The largest absolute Gasteiger partial charge is 0.347 e. The van der Waals surface area contributed by atoms with E-state index in [0.717, 1.165) is 16.3 Å². The summed E-state index contributed by atoms with van der Waals surface area (Å²) in [5.74, 6) is -0.262. The van der Waals surface area contributed by atoms with Gasteiger partial charge in [-0.3, -0.25) is 19.9 Å². The molecule has 1 aromatic carbocycles. The molecule has 7 nitrogen and oxygen atoms in total. The second-order valence-electron chi connectivity index (χ2n) is 5.28. The lowest BCUT2D eigenvalue weighted by Crippen LogP contribution is -2.20. The molecular formula is C18H14N4O3S. The fraction of sp³-hybridized carbons (Fsp3) is 0.0556. The highest BCUT2D eigenvalue weighted by Crippen LogP contribution is 2.22.